The molecule has 7 heteroatoms. The third kappa shape index (κ3) is 5.57. The van der Waals surface area contributed by atoms with Gasteiger partial charge in [0.1, 0.15) is 5.01 Å². The summed E-state index contributed by atoms with van der Waals surface area (Å²) in [6.07, 6.45) is 0. The van der Waals surface area contributed by atoms with Crippen LogP contribution in [0, 0.1) is 12.8 Å². The van der Waals surface area contributed by atoms with Crippen molar-refractivity contribution >= 4 is 42.1 Å². The van der Waals surface area contributed by atoms with Crippen molar-refractivity contribution in [2.75, 3.05) is 0 Å². The summed E-state index contributed by atoms with van der Waals surface area (Å²) < 4.78 is 0. The zero-order valence-corrected chi connectivity index (χ0v) is 14.9. The zero-order chi connectivity index (χ0) is 14.5. The number of aromatic nitrogens is 1. The molecule has 2 atom stereocenters. The minimum absolute atomic E-state index is 0. The van der Waals surface area contributed by atoms with Gasteiger partial charge in [0.2, 0.25) is 5.91 Å². The number of thiazole rings is 1. The SMILES string of the molecule is Cc1csc(CNC(=O)C(C)C(N)c2ccccc2)n1.Cl.Cl. The topological polar surface area (TPSA) is 68.0 Å². The quantitative estimate of drug-likeness (QED) is 0.858. The number of hydrogen-bond donors (Lipinski definition) is 2. The predicted molar refractivity (Wildman–Crippen MR) is 95.7 cm³/mol. The monoisotopic (exact) mass is 361 g/mol. The summed E-state index contributed by atoms with van der Waals surface area (Å²) in [5.41, 5.74) is 8.09. The highest BCUT2D eigenvalue weighted by molar-refractivity contribution is 7.09. The van der Waals surface area contributed by atoms with E-state index < -0.39 is 0 Å². The summed E-state index contributed by atoms with van der Waals surface area (Å²) >= 11 is 1.55. The lowest BCUT2D eigenvalue weighted by Gasteiger charge is -2.19. The molecule has 0 saturated heterocycles. The van der Waals surface area contributed by atoms with Crippen molar-refractivity contribution in [1.29, 1.82) is 0 Å². The molecule has 2 rings (SSSR count). The second-order valence-electron chi connectivity index (χ2n) is 4.83. The Morgan fingerprint density at radius 2 is 1.95 bits per heavy atom. The molecule has 3 N–H and O–H groups in total. The van der Waals surface area contributed by atoms with Gasteiger partial charge in [-0.05, 0) is 12.5 Å². The first-order valence-corrected chi connectivity index (χ1v) is 7.45. The van der Waals surface area contributed by atoms with E-state index in [1.807, 2.05) is 49.6 Å². The molecule has 0 aliphatic rings. The van der Waals surface area contributed by atoms with Gasteiger partial charge in [0.05, 0.1) is 12.5 Å². The molecule has 0 spiro atoms. The molecule has 122 valence electrons. The van der Waals surface area contributed by atoms with Gasteiger partial charge in [0.25, 0.3) is 0 Å². The second-order valence-corrected chi connectivity index (χ2v) is 5.77. The van der Waals surface area contributed by atoms with Crippen molar-refractivity contribution in [2.45, 2.75) is 26.4 Å². The fourth-order valence-electron chi connectivity index (χ4n) is 1.93. The van der Waals surface area contributed by atoms with Crippen LogP contribution in [0.5, 0.6) is 0 Å². The van der Waals surface area contributed by atoms with Crippen LogP contribution in [-0.2, 0) is 11.3 Å². The molecule has 0 radical (unpaired) electrons. The lowest BCUT2D eigenvalue weighted by atomic mass is 9.95. The Morgan fingerprint density at radius 1 is 1.32 bits per heavy atom. The number of hydrogen-bond acceptors (Lipinski definition) is 4. The number of nitrogens with two attached hydrogens (primary N) is 1. The lowest BCUT2D eigenvalue weighted by molar-refractivity contribution is -0.125. The normalized spacial score (nSPS) is 12.5. The van der Waals surface area contributed by atoms with E-state index in [1.54, 1.807) is 11.3 Å². The van der Waals surface area contributed by atoms with Crippen LogP contribution in [0.25, 0.3) is 0 Å². The summed E-state index contributed by atoms with van der Waals surface area (Å²) in [6.45, 7) is 4.25. The fourth-order valence-corrected chi connectivity index (χ4v) is 2.65. The number of carbonyl (C=O) groups excluding carboxylic acids is 1. The molecule has 0 bridgehead atoms. The Balaban J connectivity index is 0.00000220. The summed E-state index contributed by atoms with van der Waals surface area (Å²) in [5.74, 6) is -0.326. The van der Waals surface area contributed by atoms with Gasteiger partial charge in [-0.3, -0.25) is 4.79 Å². The Hall–Kier alpha value is -1.14. The van der Waals surface area contributed by atoms with Crippen molar-refractivity contribution < 1.29 is 4.79 Å². The van der Waals surface area contributed by atoms with E-state index in [1.165, 1.54) is 0 Å². The van der Waals surface area contributed by atoms with Gasteiger partial charge in [0, 0.05) is 17.1 Å². The Labute approximate surface area is 147 Å². The largest absolute Gasteiger partial charge is 0.349 e. The molecule has 2 aromatic rings. The summed E-state index contributed by atoms with van der Waals surface area (Å²) in [5, 5.41) is 5.78. The lowest BCUT2D eigenvalue weighted by Crippen LogP contribution is -2.35. The van der Waals surface area contributed by atoms with Crippen LogP contribution >= 0.6 is 36.2 Å². The molecule has 22 heavy (non-hydrogen) atoms. The van der Waals surface area contributed by atoms with Gasteiger partial charge >= 0.3 is 0 Å². The number of nitrogens with one attached hydrogen (secondary N) is 1. The number of benzene rings is 1. The number of rotatable bonds is 5. The Morgan fingerprint density at radius 3 is 2.50 bits per heavy atom. The highest BCUT2D eigenvalue weighted by atomic mass is 35.5. The molecule has 1 aromatic heterocycles. The van der Waals surface area contributed by atoms with Crippen molar-refractivity contribution in [2.24, 2.45) is 11.7 Å². The molecule has 0 aliphatic heterocycles. The summed E-state index contributed by atoms with van der Waals surface area (Å²) in [4.78, 5) is 16.4. The van der Waals surface area contributed by atoms with Crippen LogP contribution < -0.4 is 11.1 Å². The van der Waals surface area contributed by atoms with Gasteiger partial charge < -0.3 is 11.1 Å². The van der Waals surface area contributed by atoms with Gasteiger partial charge in [-0.1, -0.05) is 37.3 Å². The number of amides is 1. The van der Waals surface area contributed by atoms with Crippen molar-refractivity contribution in [3.8, 4) is 0 Å². The molecular weight excluding hydrogens is 341 g/mol. The highest BCUT2D eigenvalue weighted by Crippen LogP contribution is 2.19. The van der Waals surface area contributed by atoms with Crippen molar-refractivity contribution in [3.05, 3.63) is 52.0 Å². The van der Waals surface area contributed by atoms with E-state index in [9.17, 15) is 4.79 Å². The average Bonchev–Trinajstić information content (AvgIpc) is 2.89. The molecule has 1 aromatic carbocycles. The smallest absolute Gasteiger partial charge is 0.225 e. The van der Waals surface area contributed by atoms with E-state index in [-0.39, 0.29) is 42.7 Å². The van der Waals surface area contributed by atoms with E-state index in [0.717, 1.165) is 16.3 Å². The van der Waals surface area contributed by atoms with Gasteiger partial charge in [0.15, 0.2) is 0 Å². The first-order valence-electron chi connectivity index (χ1n) is 6.57. The van der Waals surface area contributed by atoms with E-state index in [0.29, 0.717) is 6.54 Å². The van der Waals surface area contributed by atoms with E-state index >= 15 is 0 Å². The maximum Gasteiger partial charge on any atom is 0.225 e. The Bertz CT molecular complexity index is 577. The molecular formula is C15H21Cl2N3OS. The van der Waals surface area contributed by atoms with Gasteiger partial charge in [-0.25, -0.2) is 4.98 Å². The van der Waals surface area contributed by atoms with Crippen LogP contribution in [-0.4, -0.2) is 10.9 Å². The minimum Gasteiger partial charge on any atom is -0.349 e. The molecule has 1 heterocycles. The van der Waals surface area contributed by atoms with Crippen LogP contribution in [0.1, 0.15) is 29.2 Å². The highest BCUT2D eigenvalue weighted by Gasteiger charge is 2.21. The fraction of sp³-hybridized carbons (Fsp3) is 0.333. The maximum absolute atomic E-state index is 12.1. The maximum atomic E-state index is 12.1. The third-order valence-corrected chi connectivity index (χ3v) is 4.18. The van der Waals surface area contributed by atoms with E-state index in [4.69, 9.17) is 5.73 Å². The number of aryl methyl sites for hydroxylation is 1. The third-order valence-electron chi connectivity index (χ3n) is 3.22. The second kappa shape index (κ2) is 9.79. The van der Waals surface area contributed by atoms with Crippen molar-refractivity contribution in [1.82, 2.24) is 10.3 Å². The van der Waals surface area contributed by atoms with Crippen LogP contribution in [0.4, 0.5) is 0 Å². The Kier molecular flexibility index (Phi) is 9.28. The number of carbonyl (C=O) groups is 1. The van der Waals surface area contributed by atoms with Gasteiger partial charge in [-0.15, -0.1) is 36.2 Å². The van der Waals surface area contributed by atoms with Crippen LogP contribution in [0.2, 0.25) is 0 Å². The standard InChI is InChI=1S/C15H19N3OS.2ClH/c1-10-9-20-13(18-10)8-17-15(19)11(2)14(16)12-6-4-3-5-7-12;;/h3-7,9,11,14H,8,16H2,1-2H3,(H,17,19);2*1H. The number of halogens is 2. The first-order chi connectivity index (χ1) is 9.58. The van der Waals surface area contributed by atoms with Crippen molar-refractivity contribution in [3.63, 3.8) is 0 Å². The molecule has 0 aliphatic carbocycles. The molecule has 0 fully saturated rings. The molecule has 1 amide bonds. The first kappa shape index (κ1) is 20.9. The molecule has 0 saturated carbocycles. The molecule has 2 unspecified atom stereocenters. The van der Waals surface area contributed by atoms with Crippen LogP contribution in [0.15, 0.2) is 35.7 Å². The predicted octanol–water partition coefficient (Wildman–Crippen LogP) is 3.25. The van der Waals surface area contributed by atoms with Gasteiger partial charge in [-0.2, -0.15) is 0 Å². The number of nitrogens with zero attached hydrogens (tertiary/aromatic N) is 1. The van der Waals surface area contributed by atoms with E-state index in [2.05, 4.69) is 10.3 Å². The average molecular weight is 362 g/mol. The van der Waals surface area contributed by atoms with Crippen LogP contribution in [0.3, 0.4) is 0 Å². The summed E-state index contributed by atoms with van der Waals surface area (Å²) in [7, 11) is 0. The zero-order valence-electron chi connectivity index (χ0n) is 12.5. The summed E-state index contributed by atoms with van der Waals surface area (Å²) in [6, 6.07) is 9.38. The minimum atomic E-state index is -0.297. The molecule has 4 nitrogen and oxygen atoms in total.